The molecule has 3 rings (SSSR count). The highest BCUT2D eigenvalue weighted by Gasteiger charge is 2.41. The third kappa shape index (κ3) is 4.94. The molecule has 2 N–H and O–H groups in total. The smallest absolute Gasteiger partial charge is 0.267 e. The summed E-state index contributed by atoms with van der Waals surface area (Å²) < 4.78 is 2.32. The molecule has 1 aliphatic rings. The number of nitrogens with one attached hydrogen (secondary N) is 1. The second-order valence-electron chi connectivity index (χ2n) is 7.49. The normalized spacial score (nSPS) is 16.5. The van der Waals surface area contributed by atoms with E-state index in [2.05, 4.69) is 5.32 Å². The number of aromatic nitrogens is 1. The van der Waals surface area contributed by atoms with E-state index >= 15 is 0 Å². The van der Waals surface area contributed by atoms with Gasteiger partial charge in [-0.05, 0) is 48.2 Å². The van der Waals surface area contributed by atoms with E-state index in [-0.39, 0.29) is 23.5 Å². The van der Waals surface area contributed by atoms with Crippen molar-refractivity contribution in [1.29, 1.82) is 0 Å². The fourth-order valence-electron chi connectivity index (χ4n) is 3.29. The summed E-state index contributed by atoms with van der Waals surface area (Å²) in [6.07, 6.45) is 4.34. The van der Waals surface area contributed by atoms with Crippen LogP contribution in [0.2, 0.25) is 0 Å². The lowest BCUT2D eigenvalue weighted by molar-refractivity contribution is -0.134. The van der Waals surface area contributed by atoms with Crippen molar-refractivity contribution in [1.82, 2.24) is 14.8 Å². The summed E-state index contributed by atoms with van der Waals surface area (Å²) in [5.74, 6) is -0.352. The summed E-state index contributed by atoms with van der Waals surface area (Å²) in [5, 5.41) is 12.3. The van der Waals surface area contributed by atoms with Crippen molar-refractivity contribution in [2.45, 2.75) is 26.3 Å². The Bertz CT molecular complexity index is 980. The Morgan fingerprint density at radius 1 is 1.27 bits per heavy atom. The van der Waals surface area contributed by atoms with E-state index in [0.717, 1.165) is 11.3 Å². The first-order valence-electron chi connectivity index (χ1n) is 9.72. The molecule has 6 nitrogen and oxygen atoms in total. The average Bonchev–Trinajstić information content (AvgIpc) is 3.21. The van der Waals surface area contributed by atoms with Crippen LogP contribution in [0.15, 0.2) is 47.5 Å². The molecule has 0 radical (unpaired) electrons. The van der Waals surface area contributed by atoms with Gasteiger partial charge in [-0.25, -0.2) is 0 Å². The fourth-order valence-corrected chi connectivity index (χ4v) is 4.61. The van der Waals surface area contributed by atoms with E-state index < -0.39 is 6.04 Å². The van der Waals surface area contributed by atoms with E-state index in [1.165, 1.54) is 16.7 Å². The number of nitrogens with zero attached hydrogens (tertiary/aromatic N) is 2. The van der Waals surface area contributed by atoms with Crippen LogP contribution < -0.4 is 5.32 Å². The number of thioether (sulfide) groups is 1. The Balaban J connectivity index is 1.70. The molecule has 1 unspecified atom stereocenters. The van der Waals surface area contributed by atoms with Gasteiger partial charge < -0.3 is 15.0 Å². The number of carbonyl (C=O) groups is 2. The van der Waals surface area contributed by atoms with Gasteiger partial charge in [0.05, 0.1) is 4.91 Å². The van der Waals surface area contributed by atoms with Gasteiger partial charge in [-0.2, -0.15) is 0 Å². The van der Waals surface area contributed by atoms with Crippen LogP contribution in [0.1, 0.15) is 25.1 Å². The van der Waals surface area contributed by atoms with Crippen LogP contribution in [0.5, 0.6) is 5.75 Å². The molecular weight excluding hydrogens is 418 g/mol. The number of thiocarbonyl (C=S) groups is 1. The molecule has 158 valence electrons. The zero-order chi connectivity index (χ0) is 21.8. The van der Waals surface area contributed by atoms with Crippen LogP contribution in [0.3, 0.4) is 0 Å². The summed E-state index contributed by atoms with van der Waals surface area (Å²) in [5.41, 5.74) is 1.90. The van der Waals surface area contributed by atoms with Gasteiger partial charge in [0, 0.05) is 25.5 Å². The summed E-state index contributed by atoms with van der Waals surface area (Å²) in [6, 6.07) is 10.0. The standard InChI is InChI=1S/C22H25N3O3S2/c1-14(2)19(20(27)23-11-10-15-6-8-17(26)9-7-15)25-21(28)18(30-22(25)29)13-16-5-4-12-24(16)3/h4-9,12-14,19,26H,10-11H2,1-3H3,(H,23,27). The number of phenolic OH excluding ortho intramolecular Hbond substituents is 1. The molecule has 8 heteroatoms. The maximum Gasteiger partial charge on any atom is 0.267 e. The number of hydrogen-bond acceptors (Lipinski definition) is 5. The highest BCUT2D eigenvalue weighted by Crippen LogP contribution is 2.35. The highest BCUT2D eigenvalue weighted by atomic mass is 32.2. The maximum absolute atomic E-state index is 13.1. The number of hydrogen-bond donors (Lipinski definition) is 2. The third-order valence-corrected chi connectivity index (χ3v) is 6.24. The molecule has 2 heterocycles. The number of aromatic hydroxyl groups is 1. The van der Waals surface area contributed by atoms with Crippen LogP contribution in [0, 0.1) is 5.92 Å². The number of phenols is 1. The second kappa shape index (κ2) is 9.49. The third-order valence-electron chi connectivity index (χ3n) is 4.91. The summed E-state index contributed by atoms with van der Waals surface area (Å²) >= 11 is 6.68. The Kier molecular flexibility index (Phi) is 6.99. The Labute approximate surface area is 186 Å². The van der Waals surface area contributed by atoms with Gasteiger partial charge in [0.2, 0.25) is 5.91 Å². The highest BCUT2D eigenvalue weighted by molar-refractivity contribution is 8.26. The Morgan fingerprint density at radius 2 is 1.97 bits per heavy atom. The maximum atomic E-state index is 13.1. The second-order valence-corrected chi connectivity index (χ2v) is 9.17. The molecule has 0 bridgehead atoms. The molecule has 0 spiro atoms. The van der Waals surface area contributed by atoms with Crippen LogP contribution in [-0.2, 0) is 23.1 Å². The van der Waals surface area contributed by atoms with Crippen molar-refractivity contribution in [2.24, 2.45) is 13.0 Å². The molecule has 30 heavy (non-hydrogen) atoms. The summed E-state index contributed by atoms with van der Waals surface area (Å²) in [7, 11) is 1.91. The van der Waals surface area contributed by atoms with Gasteiger partial charge in [-0.1, -0.05) is 50.0 Å². The van der Waals surface area contributed by atoms with Crippen LogP contribution in [-0.4, -0.2) is 43.3 Å². The van der Waals surface area contributed by atoms with Crippen molar-refractivity contribution >= 4 is 46.2 Å². The molecule has 1 atom stereocenters. The molecule has 1 aromatic heterocycles. The van der Waals surface area contributed by atoms with Gasteiger partial charge >= 0.3 is 0 Å². The molecule has 1 aromatic carbocycles. The van der Waals surface area contributed by atoms with Crippen molar-refractivity contribution in [3.05, 3.63) is 58.8 Å². The van der Waals surface area contributed by atoms with Gasteiger partial charge in [0.1, 0.15) is 16.1 Å². The topological polar surface area (TPSA) is 74.6 Å². The molecular formula is C22H25N3O3S2. The summed E-state index contributed by atoms with van der Waals surface area (Å²) in [4.78, 5) is 28.0. The lowest BCUT2D eigenvalue weighted by Crippen LogP contribution is -2.51. The minimum Gasteiger partial charge on any atom is -0.508 e. The molecule has 2 amide bonds. The van der Waals surface area contributed by atoms with Crippen molar-refractivity contribution in [2.75, 3.05) is 6.54 Å². The summed E-state index contributed by atoms with van der Waals surface area (Å²) in [6.45, 7) is 4.24. The molecule has 0 saturated carbocycles. The minimum absolute atomic E-state index is 0.101. The molecule has 1 fully saturated rings. The quantitative estimate of drug-likeness (QED) is 0.507. The van der Waals surface area contributed by atoms with Crippen molar-refractivity contribution in [3.8, 4) is 5.75 Å². The SMILES string of the molecule is CC(C)C(C(=O)NCCc1ccc(O)cc1)N1C(=O)C(=Cc2cccn2C)SC1=S. The first kappa shape index (κ1) is 22.1. The lowest BCUT2D eigenvalue weighted by atomic mass is 10.0. The van der Waals surface area contributed by atoms with E-state index in [1.54, 1.807) is 18.2 Å². The number of rotatable bonds is 7. The average molecular weight is 444 g/mol. The van der Waals surface area contributed by atoms with Crippen LogP contribution in [0.25, 0.3) is 6.08 Å². The van der Waals surface area contributed by atoms with E-state index in [9.17, 15) is 14.7 Å². The first-order valence-corrected chi connectivity index (χ1v) is 10.9. The predicted octanol–water partition coefficient (Wildman–Crippen LogP) is 3.32. The predicted molar refractivity (Wildman–Crippen MR) is 124 cm³/mol. The van der Waals surface area contributed by atoms with Gasteiger partial charge in [-0.3, -0.25) is 14.5 Å². The first-order chi connectivity index (χ1) is 14.3. The van der Waals surface area contributed by atoms with Crippen molar-refractivity contribution in [3.63, 3.8) is 0 Å². The zero-order valence-corrected chi connectivity index (χ0v) is 18.8. The van der Waals surface area contributed by atoms with E-state index in [1.807, 2.05) is 55.9 Å². The Hall–Kier alpha value is -2.58. The molecule has 1 aliphatic heterocycles. The zero-order valence-electron chi connectivity index (χ0n) is 17.2. The number of benzene rings is 1. The monoisotopic (exact) mass is 443 g/mol. The largest absolute Gasteiger partial charge is 0.508 e. The molecule has 2 aromatic rings. The number of aryl methyl sites for hydroxylation is 1. The molecule has 1 saturated heterocycles. The van der Waals surface area contributed by atoms with E-state index in [0.29, 0.717) is 22.2 Å². The van der Waals surface area contributed by atoms with Crippen molar-refractivity contribution < 1.29 is 14.7 Å². The fraction of sp³-hybridized carbons (Fsp3) is 0.318. The number of amides is 2. The lowest BCUT2D eigenvalue weighted by Gasteiger charge is -2.29. The minimum atomic E-state index is -0.670. The van der Waals surface area contributed by atoms with E-state index in [4.69, 9.17) is 12.2 Å². The van der Waals surface area contributed by atoms with Gasteiger partial charge in [0.15, 0.2) is 0 Å². The van der Waals surface area contributed by atoms with Gasteiger partial charge in [0.25, 0.3) is 5.91 Å². The van der Waals surface area contributed by atoms with Crippen LogP contribution >= 0.6 is 24.0 Å². The van der Waals surface area contributed by atoms with Gasteiger partial charge in [-0.15, -0.1) is 0 Å². The number of carbonyl (C=O) groups excluding carboxylic acids is 2. The molecule has 0 aliphatic carbocycles. The Morgan fingerprint density at radius 3 is 2.57 bits per heavy atom. The van der Waals surface area contributed by atoms with Crippen LogP contribution in [0.4, 0.5) is 0 Å².